The van der Waals surface area contributed by atoms with Gasteiger partial charge in [0.15, 0.2) is 5.58 Å². The molecule has 0 atom stereocenters. The molecule has 0 fully saturated rings. The number of furan rings is 1. The van der Waals surface area contributed by atoms with Gasteiger partial charge in [0.1, 0.15) is 5.58 Å². The van der Waals surface area contributed by atoms with E-state index in [0.29, 0.717) is 0 Å². The number of fused-ring (bicyclic) bond motifs is 8. The summed E-state index contributed by atoms with van der Waals surface area (Å²) < 4.78 is 7.27. The molecule has 0 radical (unpaired) electrons. The highest BCUT2D eigenvalue weighted by atomic mass is 16.3. The van der Waals surface area contributed by atoms with Gasteiger partial charge in [0.05, 0.1) is 5.69 Å². The summed E-state index contributed by atoms with van der Waals surface area (Å²) in [5.41, 5.74) is 14.1. The fourth-order valence-corrected chi connectivity index (χ4v) is 9.44. The van der Waals surface area contributed by atoms with Gasteiger partial charge in [-0.3, -0.25) is 0 Å². The zero-order chi connectivity index (χ0) is 41.0. The molecule has 0 saturated heterocycles. The van der Waals surface area contributed by atoms with Crippen molar-refractivity contribution in [2.24, 2.45) is 0 Å². The quantitative estimate of drug-likeness (QED) is 0.150. The van der Waals surface area contributed by atoms with Crippen LogP contribution >= 0.6 is 0 Å². The minimum Gasteiger partial charge on any atom is -0.453 e. The molecular weight excluding hydrogens is 751 g/mol. The van der Waals surface area contributed by atoms with Crippen LogP contribution in [-0.4, -0.2) is 0 Å². The molecule has 0 N–H and O–H groups in total. The summed E-state index contributed by atoms with van der Waals surface area (Å²) >= 11 is 0. The molecule has 2 nitrogen and oxygen atoms in total. The Morgan fingerprint density at radius 3 is 1.32 bits per heavy atom. The Morgan fingerprint density at radius 1 is 0.274 bits per heavy atom. The lowest BCUT2D eigenvalue weighted by molar-refractivity contribution is 0.670. The van der Waals surface area contributed by atoms with Gasteiger partial charge in [-0.05, 0) is 114 Å². The second-order valence-electron chi connectivity index (χ2n) is 16.0. The fraction of sp³-hybridized carbons (Fsp3) is 0. The summed E-state index contributed by atoms with van der Waals surface area (Å²) in [5, 5.41) is 9.61. The highest BCUT2D eigenvalue weighted by molar-refractivity contribution is 6.24. The van der Waals surface area contributed by atoms with E-state index in [9.17, 15) is 0 Å². The number of hydrogen-bond donors (Lipinski definition) is 0. The largest absolute Gasteiger partial charge is 0.453 e. The van der Waals surface area contributed by atoms with Crippen molar-refractivity contribution in [3.05, 3.63) is 237 Å². The van der Waals surface area contributed by atoms with Crippen molar-refractivity contribution < 1.29 is 4.42 Å². The summed E-state index contributed by atoms with van der Waals surface area (Å²) in [6, 6.07) is 85.2. The molecule has 12 aromatic rings. The molecule has 290 valence electrons. The Bertz CT molecular complexity index is 3510. The first kappa shape index (κ1) is 35.7. The first-order valence-electron chi connectivity index (χ1n) is 21.2. The number of para-hydroxylation sites is 1. The molecule has 2 heteroatoms. The number of nitrogens with zero attached hydrogens (tertiary/aromatic N) is 1. The smallest absolute Gasteiger partial charge is 0.159 e. The van der Waals surface area contributed by atoms with E-state index in [0.717, 1.165) is 50.1 Å². The molecule has 1 aromatic heterocycles. The lowest BCUT2D eigenvalue weighted by Gasteiger charge is -2.26. The number of hydrogen-bond acceptors (Lipinski definition) is 2. The second kappa shape index (κ2) is 14.8. The number of benzene rings is 11. The van der Waals surface area contributed by atoms with Gasteiger partial charge < -0.3 is 9.32 Å². The Hall–Kier alpha value is -8.20. The van der Waals surface area contributed by atoms with Crippen LogP contribution in [0.3, 0.4) is 0 Å². The van der Waals surface area contributed by atoms with E-state index in [1.165, 1.54) is 65.7 Å². The van der Waals surface area contributed by atoms with Gasteiger partial charge in [0.2, 0.25) is 0 Å². The number of rotatable bonds is 7. The SMILES string of the molecule is c1ccc(-c2ccc(N(c3ccc(-c4ccccc4)cc3)c3cccc4c3oc3c(-c5ccc(-c6cc7ccccc7c7ccccc67)cc5)cc5ccccc5c34)cc2)cc1. The molecule has 1 heterocycles. The molecule has 0 aliphatic rings. The topological polar surface area (TPSA) is 16.4 Å². The predicted molar refractivity (Wildman–Crippen MR) is 263 cm³/mol. The first-order valence-corrected chi connectivity index (χ1v) is 21.2. The predicted octanol–water partition coefficient (Wildman–Crippen LogP) is 17.2. The Labute approximate surface area is 360 Å². The van der Waals surface area contributed by atoms with Crippen LogP contribution in [0.1, 0.15) is 0 Å². The van der Waals surface area contributed by atoms with E-state index in [1.807, 2.05) is 0 Å². The lowest BCUT2D eigenvalue weighted by Crippen LogP contribution is -2.10. The van der Waals surface area contributed by atoms with E-state index < -0.39 is 0 Å². The zero-order valence-corrected chi connectivity index (χ0v) is 33.9. The third kappa shape index (κ3) is 6.04. The van der Waals surface area contributed by atoms with Gasteiger partial charge in [-0.1, -0.05) is 194 Å². The highest BCUT2D eigenvalue weighted by Gasteiger charge is 2.23. The average molecular weight is 790 g/mol. The summed E-state index contributed by atoms with van der Waals surface area (Å²) in [6.45, 7) is 0. The molecule has 0 amide bonds. The van der Waals surface area contributed by atoms with Gasteiger partial charge in [-0.25, -0.2) is 0 Å². The minimum absolute atomic E-state index is 0.846. The normalized spacial score (nSPS) is 11.5. The van der Waals surface area contributed by atoms with E-state index in [2.05, 4.69) is 241 Å². The van der Waals surface area contributed by atoms with Crippen molar-refractivity contribution in [2.45, 2.75) is 0 Å². The van der Waals surface area contributed by atoms with Crippen molar-refractivity contribution in [2.75, 3.05) is 4.90 Å². The van der Waals surface area contributed by atoms with Gasteiger partial charge in [-0.2, -0.15) is 0 Å². The Kier molecular flexibility index (Phi) is 8.53. The Morgan fingerprint density at radius 2 is 0.710 bits per heavy atom. The van der Waals surface area contributed by atoms with Crippen LogP contribution in [0.4, 0.5) is 17.1 Å². The van der Waals surface area contributed by atoms with E-state index in [-0.39, 0.29) is 0 Å². The van der Waals surface area contributed by atoms with Gasteiger partial charge in [-0.15, -0.1) is 0 Å². The van der Waals surface area contributed by atoms with Crippen LogP contribution in [-0.2, 0) is 0 Å². The fourth-order valence-electron chi connectivity index (χ4n) is 9.44. The second-order valence-corrected chi connectivity index (χ2v) is 16.0. The maximum absolute atomic E-state index is 7.27. The van der Waals surface area contributed by atoms with Crippen LogP contribution in [0.15, 0.2) is 241 Å². The van der Waals surface area contributed by atoms with Crippen molar-refractivity contribution >= 4 is 71.3 Å². The third-order valence-electron chi connectivity index (χ3n) is 12.5. The van der Waals surface area contributed by atoms with Crippen molar-refractivity contribution in [1.29, 1.82) is 0 Å². The van der Waals surface area contributed by atoms with Gasteiger partial charge in [0.25, 0.3) is 0 Å². The number of anilines is 3. The summed E-state index contributed by atoms with van der Waals surface area (Å²) in [6.07, 6.45) is 0. The molecule has 0 aliphatic heterocycles. The summed E-state index contributed by atoms with van der Waals surface area (Å²) in [4.78, 5) is 2.33. The van der Waals surface area contributed by atoms with Crippen LogP contribution < -0.4 is 4.90 Å². The Balaban J connectivity index is 1.03. The molecule has 12 rings (SSSR count). The maximum atomic E-state index is 7.27. The first-order chi connectivity index (χ1) is 30.7. The molecule has 0 unspecified atom stereocenters. The minimum atomic E-state index is 0.846. The van der Waals surface area contributed by atoms with E-state index in [4.69, 9.17) is 4.42 Å². The maximum Gasteiger partial charge on any atom is 0.159 e. The molecule has 62 heavy (non-hydrogen) atoms. The molecule has 0 saturated carbocycles. The molecular formula is C60H39NO. The standard InChI is InChI=1S/C60H39NO/c1-3-14-40(15-4-1)42-30-34-48(35-31-42)61(49-36-32-43(33-37-49)41-16-5-2-6-17-41)57-25-13-24-54-58-51-21-10-8-19-47(51)39-56(60(58)62-59(54)57)45-28-26-44(27-29-45)55-38-46-18-7-9-20-50(46)52-22-11-12-23-53(52)55/h1-39H. The van der Waals surface area contributed by atoms with Crippen molar-refractivity contribution in [3.63, 3.8) is 0 Å². The highest BCUT2D eigenvalue weighted by Crippen LogP contribution is 2.47. The van der Waals surface area contributed by atoms with Gasteiger partial charge in [0, 0.05) is 27.7 Å². The van der Waals surface area contributed by atoms with Crippen molar-refractivity contribution in [3.8, 4) is 44.5 Å². The van der Waals surface area contributed by atoms with E-state index >= 15 is 0 Å². The van der Waals surface area contributed by atoms with Crippen LogP contribution in [0.2, 0.25) is 0 Å². The monoisotopic (exact) mass is 789 g/mol. The van der Waals surface area contributed by atoms with Gasteiger partial charge >= 0.3 is 0 Å². The third-order valence-corrected chi connectivity index (χ3v) is 12.5. The lowest BCUT2D eigenvalue weighted by atomic mass is 9.91. The van der Waals surface area contributed by atoms with Crippen LogP contribution in [0, 0.1) is 0 Å². The summed E-state index contributed by atoms with van der Waals surface area (Å²) in [7, 11) is 0. The molecule has 0 aliphatic carbocycles. The van der Waals surface area contributed by atoms with Crippen LogP contribution in [0.5, 0.6) is 0 Å². The molecule has 0 spiro atoms. The zero-order valence-electron chi connectivity index (χ0n) is 33.9. The van der Waals surface area contributed by atoms with Crippen LogP contribution in [0.25, 0.3) is 98.8 Å². The van der Waals surface area contributed by atoms with Crippen molar-refractivity contribution in [1.82, 2.24) is 0 Å². The molecule has 0 bridgehead atoms. The van der Waals surface area contributed by atoms with E-state index in [1.54, 1.807) is 0 Å². The summed E-state index contributed by atoms with van der Waals surface area (Å²) in [5.74, 6) is 0. The molecule has 11 aromatic carbocycles. The average Bonchev–Trinajstić information content (AvgIpc) is 3.76.